The maximum absolute atomic E-state index is 14.9. The highest BCUT2D eigenvalue weighted by molar-refractivity contribution is 6.39. The number of esters is 1. The van der Waals surface area contributed by atoms with Crippen molar-refractivity contribution in [3.8, 4) is 11.3 Å². The highest BCUT2D eigenvalue weighted by Gasteiger charge is 2.54. The molecule has 40 heteroatoms. The number of allylic oxidation sites excluding steroid dienone is 5. The number of ether oxygens (including phenoxy) is 10. The number of aliphatic hydroxyl groups is 3. The van der Waals surface area contributed by atoms with Crippen LogP contribution >= 0.6 is 0 Å². The van der Waals surface area contributed by atoms with Gasteiger partial charge < -0.3 is 120 Å². The first-order chi connectivity index (χ1) is 66.5. The Kier molecular flexibility index (Phi) is 37.2. The molecule has 1 saturated carbocycles. The maximum atomic E-state index is 14.9. The zero-order valence-corrected chi connectivity index (χ0v) is 80.3. The normalized spacial score (nSPS) is 26.9. The lowest BCUT2D eigenvalue weighted by molar-refractivity contribution is -0.265. The molecule has 0 spiro atoms. The summed E-state index contributed by atoms with van der Waals surface area (Å²) in [7, 11) is 4.59. The third kappa shape index (κ3) is 27.0. The maximum Gasteiger partial charge on any atom is 0.407 e. The summed E-state index contributed by atoms with van der Waals surface area (Å²) in [6.07, 6.45) is 14.5. The summed E-state index contributed by atoms with van der Waals surface area (Å²) in [6.45, 7) is 17.1. The van der Waals surface area contributed by atoms with Gasteiger partial charge in [0.2, 0.25) is 23.6 Å². The van der Waals surface area contributed by atoms with E-state index in [9.17, 15) is 48.9 Å². The third-order valence-corrected chi connectivity index (χ3v) is 27.0. The Bertz CT molecular complexity index is 5440. The van der Waals surface area contributed by atoms with Gasteiger partial charge in [0.05, 0.1) is 101 Å². The van der Waals surface area contributed by atoms with Crippen molar-refractivity contribution in [2.24, 2.45) is 35.3 Å². The van der Waals surface area contributed by atoms with Crippen LogP contribution in [0, 0.1) is 29.6 Å². The van der Waals surface area contributed by atoms with E-state index in [1.807, 2.05) is 88.7 Å². The van der Waals surface area contributed by atoms with Crippen molar-refractivity contribution in [3.05, 3.63) is 137 Å². The molecule has 10 heterocycles. The number of aromatic nitrogens is 9. The molecule has 6 aliphatic rings. The van der Waals surface area contributed by atoms with E-state index in [1.165, 1.54) is 37.2 Å². The molecule has 1 aliphatic carbocycles. The van der Waals surface area contributed by atoms with Gasteiger partial charge in [-0.25, -0.2) is 39.2 Å². The molecule has 138 heavy (non-hydrogen) atoms. The number of nitrogens with zero attached hydrogens (tertiary/aromatic N) is 13. The van der Waals surface area contributed by atoms with Gasteiger partial charge in [-0.15, -0.1) is 0 Å². The summed E-state index contributed by atoms with van der Waals surface area (Å²) in [6, 6.07) is 9.80. The van der Waals surface area contributed by atoms with Crippen molar-refractivity contribution < 1.29 is 101 Å². The fourth-order valence-corrected chi connectivity index (χ4v) is 18.9. The number of cyclic esters (lactones) is 1. The number of carbonyl (C=O) groups excluding carboxylic acids is 7. The third-order valence-electron chi connectivity index (χ3n) is 27.0. The monoisotopic (exact) mass is 1910 g/mol. The van der Waals surface area contributed by atoms with Gasteiger partial charge in [-0.3, -0.25) is 24.0 Å². The Labute approximate surface area is 803 Å². The number of hydrogen-bond donors (Lipinski definition) is 9. The molecule has 5 aromatic heterocycles. The SMILES string of the molecule is CO[C@H]1C[C@@H]2CC[C@@H](C)[C@@](O)(O2)C(=O)C(=O)N2CCCC[C@H]2C(=O)O[C@H]([C@H](N)C[C@@H]2CC[C@@H](OC(=O)NCc3cnc(N4CCN(c5ncc(C(=O)NCCOCCOCCOCCOCCC(=O)N6CCc7cc(Cn8nc(-c9ccc%10oc(N)nc%10c9)c9c(N)ncnc98)ccc7C6)c(N)n5)CC4)nc3)[C@H](OC)C2)C[C@@H](OC)[C@H](C)/C=C(\C)[C@@H](O)[C@@H](O)C(=O)[C@H](C)C[C@H](C)/C=C/C=C/C=C/1C. The van der Waals surface area contributed by atoms with Crippen molar-refractivity contribution in [1.82, 2.24) is 65.1 Å². The van der Waals surface area contributed by atoms with Crippen LogP contribution in [0.15, 0.2) is 113 Å². The minimum atomic E-state index is -2.50. The number of piperidine rings is 1. The number of nitrogens with two attached hydrogens (primary N) is 4. The topological polar surface area (TPSA) is 535 Å². The minimum absolute atomic E-state index is 0.0193. The standard InChI is InChI=1S/C98H135N19O21/c1-58-15-11-10-12-16-59(2)77(128-7)49-70-23-18-63(6)98(127,138-70)87(122)92(124)116-29-14-13-17-74(116)93(125)135-79(50-78(129-8)60(3)44-62(5)85(120)86(121)84(119)61(4)43-58)72(99)46-64-20-24-76(80(47-64)130-9)137-97(126)107-53-66-51-104-95(105-52-66)113-31-33-114(34-32-113)96-106-54-71(88(100)111-96)91(123)103-28-36-132-38-40-134-42-41-133-39-37-131-35-27-81(118)115-30-26-67-45-65(19-21-69(67)56-115)55-117-90-82(89(101)108-57-109-90)83(112-117)68-22-25-75-73(48-68)110-94(102)136-75/h10-12,15-16,19,21-22,25,44-45,48,51-52,54,57-58,60-61,63-64,70,72,74,76-80,85-86,120-121,127H,13-14,17-18,20,23-24,26-43,46-47,49-50,53,55-56,99H2,1-9H3,(H2,102,110)(H,103,123)(H,107,126)(H2,100,106,111)(H2,101,108,109)/b12-10+,15-11+,59-16+,62-44+/t58-,60-,61-,63-,64+,70+,72-,74+,76-,77+,78-,79+,80-,85-,86+,98-/m1/s1. The number of anilines is 5. The van der Waals surface area contributed by atoms with Gasteiger partial charge in [0, 0.05) is 147 Å². The first-order valence-corrected chi connectivity index (χ1v) is 47.9. The smallest absolute Gasteiger partial charge is 0.407 e. The van der Waals surface area contributed by atoms with Crippen LogP contribution in [0.25, 0.3) is 33.4 Å². The molecule has 40 nitrogen and oxygen atoms in total. The number of carbonyl (C=O) groups is 7. The number of piperazine rings is 1. The van der Waals surface area contributed by atoms with E-state index in [0.29, 0.717) is 206 Å². The second-order valence-corrected chi connectivity index (χ2v) is 36.9. The predicted molar refractivity (Wildman–Crippen MR) is 511 cm³/mol. The number of rotatable bonds is 30. The number of benzene rings is 2. The number of alkyl carbamates (subject to hydrolysis) is 1. The number of oxazole rings is 1. The fourth-order valence-electron chi connectivity index (χ4n) is 18.9. The van der Waals surface area contributed by atoms with Gasteiger partial charge in [0.25, 0.3) is 23.6 Å². The summed E-state index contributed by atoms with van der Waals surface area (Å²) in [5, 5.41) is 46.2. The molecule has 16 atom stereocenters. The Morgan fingerprint density at radius 3 is 2.12 bits per heavy atom. The van der Waals surface area contributed by atoms with Gasteiger partial charge in [0.15, 0.2) is 17.0 Å². The van der Waals surface area contributed by atoms with Crippen LogP contribution in [0.3, 0.4) is 0 Å². The Morgan fingerprint density at radius 1 is 0.674 bits per heavy atom. The molecule has 5 aliphatic heterocycles. The second kappa shape index (κ2) is 49.4. The summed E-state index contributed by atoms with van der Waals surface area (Å²) in [5.74, 6) is -7.35. The van der Waals surface area contributed by atoms with E-state index >= 15 is 0 Å². The number of nitrogens with one attached hydrogen (secondary N) is 2. The first-order valence-electron chi connectivity index (χ1n) is 47.9. The molecule has 2 aromatic carbocycles. The van der Waals surface area contributed by atoms with E-state index in [4.69, 9.17) is 79.8 Å². The Morgan fingerprint density at radius 2 is 1.39 bits per heavy atom. The number of methoxy groups -OCH3 is 3. The quantitative estimate of drug-likeness (QED) is 0.00945. The molecule has 3 saturated heterocycles. The van der Waals surface area contributed by atoms with Gasteiger partial charge in [-0.05, 0) is 142 Å². The van der Waals surface area contributed by atoms with Gasteiger partial charge in [-0.2, -0.15) is 15.1 Å². The van der Waals surface area contributed by atoms with Crippen molar-refractivity contribution >= 4 is 93.0 Å². The zero-order valence-electron chi connectivity index (χ0n) is 80.3. The van der Waals surface area contributed by atoms with Crippen molar-refractivity contribution in [3.63, 3.8) is 0 Å². The van der Waals surface area contributed by atoms with Gasteiger partial charge in [-0.1, -0.05) is 82.4 Å². The molecule has 4 amide bonds. The number of amides is 4. The fraction of sp³-hybridized carbons (Fsp3) is 0.582. The molecular formula is C98H135N19O21. The zero-order chi connectivity index (χ0) is 98.3. The molecule has 4 fully saturated rings. The number of Topliss-reactive ketones (excluding diaryl/α,β-unsaturated/α-hetero) is 2. The van der Waals surface area contributed by atoms with E-state index < -0.39 is 120 Å². The molecule has 748 valence electrons. The van der Waals surface area contributed by atoms with Crippen LogP contribution in [0.2, 0.25) is 0 Å². The van der Waals surface area contributed by atoms with Gasteiger partial charge in [0.1, 0.15) is 59.6 Å². The van der Waals surface area contributed by atoms with Gasteiger partial charge >= 0.3 is 12.1 Å². The minimum Gasteiger partial charge on any atom is -0.459 e. The lowest BCUT2D eigenvalue weighted by Crippen LogP contribution is -2.61. The summed E-state index contributed by atoms with van der Waals surface area (Å²) in [5.41, 5.74) is 34.1. The first kappa shape index (κ1) is 104. The van der Waals surface area contributed by atoms with Crippen LogP contribution in [0.1, 0.15) is 158 Å². The average molecular weight is 1920 g/mol. The average Bonchev–Trinajstić information content (AvgIpc) is 1.30. The highest BCUT2D eigenvalue weighted by Crippen LogP contribution is 2.40. The van der Waals surface area contributed by atoms with E-state index in [0.717, 1.165) is 22.3 Å². The lowest BCUT2D eigenvalue weighted by atomic mass is 9.80. The van der Waals surface area contributed by atoms with Crippen LogP contribution in [0.5, 0.6) is 0 Å². The molecule has 13 rings (SSSR count). The number of hydrogen-bond acceptors (Lipinski definition) is 35. The molecular weight excluding hydrogens is 1780 g/mol. The van der Waals surface area contributed by atoms with E-state index in [2.05, 4.69) is 57.7 Å². The molecule has 7 aromatic rings. The number of ketones is 2. The number of aliphatic hydroxyl groups excluding tert-OH is 2. The summed E-state index contributed by atoms with van der Waals surface area (Å²) >= 11 is 0. The van der Waals surface area contributed by atoms with Crippen LogP contribution in [-0.2, 0) is 97.4 Å². The lowest BCUT2D eigenvalue weighted by Gasteiger charge is -2.43. The number of fused-ring (bicyclic) bond motifs is 6. The Balaban J connectivity index is 0.498. The van der Waals surface area contributed by atoms with Crippen molar-refractivity contribution in [2.75, 3.05) is 147 Å². The molecule has 2 bridgehead atoms. The Hall–Kier alpha value is -11.4. The molecule has 0 unspecified atom stereocenters. The van der Waals surface area contributed by atoms with E-state index in [-0.39, 0.29) is 93.7 Å². The summed E-state index contributed by atoms with van der Waals surface area (Å²) < 4.78 is 66.6. The van der Waals surface area contributed by atoms with Crippen LogP contribution < -0.4 is 43.4 Å². The summed E-state index contributed by atoms with van der Waals surface area (Å²) in [4.78, 5) is 136. The second-order valence-electron chi connectivity index (χ2n) is 36.9. The number of nitrogen functional groups attached to an aromatic ring is 3. The predicted octanol–water partition coefficient (Wildman–Crippen LogP) is 7.02. The largest absolute Gasteiger partial charge is 0.459 e. The highest BCUT2D eigenvalue weighted by atomic mass is 16.6. The van der Waals surface area contributed by atoms with Crippen molar-refractivity contribution in [2.45, 2.75) is 218 Å². The van der Waals surface area contributed by atoms with Crippen LogP contribution in [-0.4, -0.2) is 298 Å². The van der Waals surface area contributed by atoms with Crippen molar-refractivity contribution in [1.29, 1.82) is 0 Å². The molecule has 0 radical (unpaired) electrons. The van der Waals surface area contributed by atoms with E-state index in [1.54, 1.807) is 52.4 Å². The molecule has 13 N–H and O–H groups in total. The van der Waals surface area contributed by atoms with Crippen LogP contribution in [0.4, 0.5) is 34.3 Å².